The zero-order chi connectivity index (χ0) is 15.0. The highest BCUT2D eigenvalue weighted by molar-refractivity contribution is 6.40. The Morgan fingerprint density at radius 3 is 1.77 bits per heavy atom. The molecule has 1 aliphatic heterocycles. The first kappa shape index (κ1) is 16.9. The highest BCUT2D eigenvalue weighted by atomic mass is 14.9. The summed E-state index contributed by atoms with van der Waals surface area (Å²) in [6.07, 6.45) is 20.9. The Morgan fingerprint density at radius 1 is 0.591 bits per heavy atom. The fourth-order valence-electron chi connectivity index (χ4n) is 5.39. The fourth-order valence-corrected chi connectivity index (χ4v) is 5.39. The third-order valence-corrected chi connectivity index (χ3v) is 6.73. The van der Waals surface area contributed by atoms with Crippen LogP contribution in [0.5, 0.6) is 0 Å². The Balaban J connectivity index is 1.52. The first-order valence-corrected chi connectivity index (χ1v) is 10.5. The lowest BCUT2D eigenvalue weighted by Gasteiger charge is -2.31. The van der Waals surface area contributed by atoms with E-state index in [9.17, 15) is 0 Å². The second-order valence-corrected chi connectivity index (χ2v) is 8.39. The van der Waals surface area contributed by atoms with Crippen molar-refractivity contribution >= 4 is 7.28 Å². The Hall–Kier alpha value is 0.0249. The van der Waals surface area contributed by atoms with Gasteiger partial charge in [-0.2, -0.15) is 0 Å². The summed E-state index contributed by atoms with van der Waals surface area (Å²) in [7, 11) is 2.83. The third-order valence-electron chi connectivity index (χ3n) is 6.73. The average Bonchev–Trinajstić information content (AvgIpc) is 2.89. The Kier molecular flexibility index (Phi) is 7.17. The van der Waals surface area contributed by atoms with Gasteiger partial charge < -0.3 is 5.32 Å². The van der Waals surface area contributed by atoms with Gasteiger partial charge in [0.15, 0.2) is 0 Å². The van der Waals surface area contributed by atoms with E-state index in [0.29, 0.717) is 0 Å². The molecule has 0 aromatic rings. The van der Waals surface area contributed by atoms with E-state index < -0.39 is 0 Å². The van der Waals surface area contributed by atoms with Crippen LogP contribution in [0.15, 0.2) is 0 Å². The molecule has 3 fully saturated rings. The van der Waals surface area contributed by atoms with Crippen molar-refractivity contribution in [1.82, 2.24) is 5.32 Å². The molecule has 3 aliphatic rings. The summed E-state index contributed by atoms with van der Waals surface area (Å²) < 4.78 is 0. The van der Waals surface area contributed by atoms with Gasteiger partial charge in [-0.3, -0.25) is 0 Å². The van der Waals surface area contributed by atoms with E-state index in [-0.39, 0.29) is 0 Å². The molecule has 2 saturated carbocycles. The lowest BCUT2D eigenvalue weighted by atomic mass is 9.48. The molecule has 2 heteroatoms. The van der Waals surface area contributed by atoms with Crippen molar-refractivity contribution in [3.63, 3.8) is 0 Å². The lowest BCUT2D eigenvalue weighted by molar-refractivity contribution is 0.279. The SMILES string of the molecule is [B](C1CCCCCCC1)C1CNCC1C1CCCCCCC1. The third kappa shape index (κ3) is 5.01. The van der Waals surface area contributed by atoms with Crippen molar-refractivity contribution in [1.29, 1.82) is 0 Å². The predicted molar refractivity (Wildman–Crippen MR) is 97.7 cm³/mol. The van der Waals surface area contributed by atoms with E-state index in [2.05, 4.69) is 12.6 Å². The van der Waals surface area contributed by atoms with Crippen LogP contribution in [0.2, 0.25) is 11.6 Å². The number of nitrogens with one attached hydrogen (secondary N) is 1. The molecule has 0 bridgehead atoms. The van der Waals surface area contributed by atoms with E-state index in [1.54, 1.807) is 0 Å². The minimum atomic E-state index is 0.883. The molecule has 0 amide bonds. The highest BCUT2D eigenvalue weighted by Crippen LogP contribution is 2.40. The van der Waals surface area contributed by atoms with Crippen LogP contribution in [-0.2, 0) is 0 Å². The second-order valence-electron chi connectivity index (χ2n) is 8.39. The van der Waals surface area contributed by atoms with Gasteiger partial charge in [-0.05, 0) is 24.9 Å². The van der Waals surface area contributed by atoms with Crippen molar-refractivity contribution in [2.45, 2.75) is 102 Å². The van der Waals surface area contributed by atoms with Gasteiger partial charge in [-0.25, -0.2) is 0 Å². The molecule has 2 unspecified atom stereocenters. The van der Waals surface area contributed by atoms with Crippen molar-refractivity contribution < 1.29 is 0 Å². The van der Waals surface area contributed by atoms with Crippen molar-refractivity contribution in [3.8, 4) is 0 Å². The van der Waals surface area contributed by atoms with Crippen LogP contribution in [0.25, 0.3) is 0 Å². The molecule has 1 nitrogen and oxygen atoms in total. The van der Waals surface area contributed by atoms with Crippen LogP contribution in [0, 0.1) is 11.8 Å². The zero-order valence-electron chi connectivity index (χ0n) is 14.7. The van der Waals surface area contributed by atoms with Crippen LogP contribution >= 0.6 is 0 Å². The predicted octanol–water partition coefficient (Wildman–Crippen LogP) is 5.59. The lowest BCUT2D eigenvalue weighted by Crippen LogP contribution is -2.25. The summed E-state index contributed by atoms with van der Waals surface area (Å²) in [6.45, 7) is 2.58. The van der Waals surface area contributed by atoms with Crippen LogP contribution in [-0.4, -0.2) is 20.4 Å². The summed E-state index contributed by atoms with van der Waals surface area (Å²) >= 11 is 0. The van der Waals surface area contributed by atoms with Gasteiger partial charge in [0.05, 0.1) is 0 Å². The van der Waals surface area contributed by atoms with E-state index in [4.69, 9.17) is 0 Å². The van der Waals surface area contributed by atoms with E-state index in [1.165, 1.54) is 103 Å². The topological polar surface area (TPSA) is 12.0 Å². The average molecular weight is 302 g/mol. The second kappa shape index (κ2) is 9.35. The normalized spacial score (nSPS) is 33.6. The Bertz CT molecular complexity index is 290. The molecule has 0 spiro atoms. The molecule has 1 radical (unpaired) electrons. The smallest absolute Gasteiger partial charge is 0.119 e. The Morgan fingerprint density at radius 2 is 1.14 bits per heavy atom. The van der Waals surface area contributed by atoms with Crippen molar-refractivity contribution in [2.75, 3.05) is 13.1 Å². The van der Waals surface area contributed by atoms with E-state index in [0.717, 1.165) is 23.5 Å². The zero-order valence-corrected chi connectivity index (χ0v) is 14.7. The largest absolute Gasteiger partial charge is 0.317 e. The summed E-state index contributed by atoms with van der Waals surface area (Å²) in [6, 6.07) is 0. The standard InChI is InChI=1S/C20H37BN/c1-3-7-11-17(12-8-4-1)19-15-22-16-20(19)21-18-13-9-5-2-6-10-14-18/h17-20,22H,1-16H2. The quantitative estimate of drug-likeness (QED) is 0.670. The van der Waals surface area contributed by atoms with E-state index in [1.807, 2.05) is 0 Å². The first-order chi connectivity index (χ1) is 10.9. The molecular weight excluding hydrogens is 265 g/mol. The van der Waals surface area contributed by atoms with Gasteiger partial charge >= 0.3 is 0 Å². The number of hydrogen-bond donors (Lipinski definition) is 1. The molecule has 1 saturated heterocycles. The minimum absolute atomic E-state index is 0.883. The molecule has 2 atom stereocenters. The van der Waals surface area contributed by atoms with Crippen LogP contribution < -0.4 is 5.32 Å². The van der Waals surface area contributed by atoms with Gasteiger partial charge in [-0.15, -0.1) is 0 Å². The van der Waals surface area contributed by atoms with Gasteiger partial charge in [0.1, 0.15) is 7.28 Å². The molecule has 0 aromatic carbocycles. The summed E-state index contributed by atoms with van der Waals surface area (Å²) in [5.74, 6) is 3.80. The fraction of sp³-hybridized carbons (Fsp3) is 1.00. The molecular formula is C20H37BN. The molecule has 22 heavy (non-hydrogen) atoms. The minimum Gasteiger partial charge on any atom is -0.317 e. The first-order valence-electron chi connectivity index (χ1n) is 10.5. The molecule has 125 valence electrons. The molecule has 2 aliphatic carbocycles. The molecule has 3 rings (SSSR count). The monoisotopic (exact) mass is 302 g/mol. The van der Waals surface area contributed by atoms with E-state index >= 15 is 0 Å². The maximum absolute atomic E-state index is 3.74. The number of hydrogen-bond acceptors (Lipinski definition) is 1. The summed E-state index contributed by atoms with van der Waals surface area (Å²) in [5.41, 5.74) is 0. The van der Waals surface area contributed by atoms with Crippen LogP contribution in [0.1, 0.15) is 89.9 Å². The molecule has 0 aromatic heterocycles. The van der Waals surface area contributed by atoms with Gasteiger partial charge in [0, 0.05) is 0 Å². The molecule has 1 heterocycles. The highest BCUT2D eigenvalue weighted by Gasteiger charge is 2.35. The van der Waals surface area contributed by atoms with Gasteiger partial charge in [0.25, 0.3) is 0 Å². The van der Waals surface area contributed by atoms with Crippen molar-refractivity contribution in [2.24, 2.45) is 11.8 Å². The summed E-state index contributed by atoms with van der Waals surface area (Å²) in [5, 5.41) is 3.74. The maximum atomic E-state index is 3.74. The van der Waals surface area contributed by atoms with Crippen molar-refractivity contribution in [3.05, 3.63) is 0 Å². The van der Waals surface area contributed by atoms with Crippen LogP contribution in [0.3, 0.4) is 0 Å². The maximum Gasteiger partial charge on any atom is 0.119 e. The van der Waals surface area contributed by atoms with Gasteiger partial charge in [-0.1, -0.05) is 102 Å². The van der Waals surface area contributed by atoms with Crippen LogP contribution in [0.4, 0.5) is 0 Å². The number of rotatable bonds is 3. The summed E-state index contributed by atoms with van der Waals surface area (Å²) in [4.78, 5) is 0. The Labute approximate surface area is 139 Å². The molecule has 1 N–H and O–H groups in total. The van der Waals surface area contributed by atoms with Gasteiger partial charge in [0.2, 0.25) is 0 Å².